The Labute approximate surface area is 102 Å². The third-order valence-electron chi connectivity index (χ3n) is 2.28. The van der Waals surface area contributed by atoms with Crippen LogP contribution >= 0.6 is 11.5 Å². The van der Waals surface area contributed by atoms with Gasteiger partial charge in [0.15, 0.2) is 0 Å². The Kier molecular flexibility index (Phi) is 3.29. The van der Waals surface area contributed by atoms with Crippen molar-refractivity contribution >= 4 is 28.3 Å². The molecule has 2 N–H and O–H groups in total. The average molecular weight is 249 g/mol. The van der Waals surface area contributed by atoms with Gasteiger partial charge in [0, 0.05) is 29.8 Å². The Morgan fingerprint density at radius 2 is 2.24 bits per heavy atom. The van der Waals surface area contributed by atoms with E-state index in [4.69, 9.17) is 0 Å². The minimum absolute atomic E-state index is 0.205. The topological polar surface area (TPSA) is 79.8 Å². The van der Waals surface area contributed by atoms with E-state index in [0.717, 1.165) is 22.8 Å². The zero-order valence-corrected chi connectivity index (χ0v) is 10.2. The monoisotopic (exact) mass is 249 g/mol. The second-order valence-electron chi connectivity index (χ2n) is 3.40. The average Bonchev–Trinajstić information content (AvgIpc) is 2.81. The lowest BCUT2D eigenvalue weighted by atomic mass is 10.1. The molecule has 17 heavy (non-hydrogen) atoms. The summed E-state index contributed by atoms with van der Waals surface area (Å²) in [4.78, 5) is 11.9. The molecule has 1 aromatic carbocycles. The minimum Gasteiger partial charge on any atom is -0.388 e. The summed E-state index contributed by atoms with van der Waals surface area (Å²) in [5, 5.41) is 13.1. The van der Waals surface area contributed by atoms with Gasteiger partial charge in [-0.2, -0.15) is 0 Å². The number of anilines is 2. The van der Waals surface area contributed by atoms with E-state index in [9.17, 15) is 4.79 Å². The van der Waals surface area contributed by atoms with Crippen molar-refractivity contribution in [1.82, 2.24) is 14.8 Å². The summed E-state index contributed by atoms with van der Waals surface area (Å²) in [6, 6.07) is 5.53. The lowest BCUT2D eigenvalue weighted by Crippen LogP contribution is -2.13. The van der Waals surface area contributed by atoms with Crippen LogP contribution in [-0.4, -0.2) is 27.8 Å². The SMILES string of the molecule is CNc1ccc(C(=O)Nc2nnns2)c(C)c1. The van der Waals surface area contributed by atoms with E-state index in [1.165, 1.54) is 0 Å². The molecule has 2 rings (SSSR count). The number of hydrogen-bond donors (Lipinski definition) is 2. The zero-order chi connectivity index (χ0) is 12.3. The first-order valence-corrected chi connectivity index (χ1v) is 5.73. The number of carbonyl (C=O) groups is 1. The van der Waals surface area contributed by atoms with Gasteiger partial charge in [0.05, 0.1) is 0 Å². The molecule has 0 radical (unpaired) electrons. The number of nitrogens with zero attached hydrogens (tertiary/aromatic N) is 3. The minimum atomic E-state index is -0.205. The maximum Gasteiger partial charge on any atom is 0.257 e. The third-order valence-corrected chi connectivity index (χ3v) is 2.79. The molecule has 0 bridgehead atoms. The number of benzene rings is 1. The van der Waals surface area contributed by atoms with E-state index in [1.54, 1.807) is 6.07 Å². The van der Waals surface area contributed by atoms with Gasteiger partial charge in [-0.3, -0.25) is 10.1 Å². The summed E-state index contributed by atoms with van der Waals surface area (Å²) in [5.41, 5.74) is 2.47. The molecule has 0 atom stereocenters. The molecule has 1 amide bonds. The smallest absolute Gasteiger partial charge is 0.257 e. The molecule has 0 spiro atoms. The summed E-state index contributed by atoms with van der Waals surface area (Å²) in [6.45, 7) is 1.88. The Hall–Kier alpha value is -2.02. The van der Waals surface area contributed by atoms with Gasteiger partial charge in [0.2, 0.25) is 5.13 Å². The second kappa shape index (κ2) is 4.88. The van der Waals surface area contributed by atoms with E-state index in [-0.39, 0.29) is 5.91 Å². The fourth-order valence-corrected chi connectivity index (χ4v) is 1.78. The normalized spacial score (nSPS) is 10.0. The fourth-order valence-electron chi connectivity index (χ4n) is 1.42. The highest BCUT2D eigenvalue weighted by Gasteiger charge is 2.11. The van der Waals surface area contributed by atoms with Gasteiger partial charge >= 0.3 is 0 Å². The first-order valence-electron chi connectivity index (χ1n) is 4.95. The quantitative estimate of drug-likeness (QED) is 0.862. The molecule has 0 saturated heterocycles. The van der Waals surface area contributed by atoms with Gasteiger partial charge in [-0.15, -0.1) is 0 Å². The zero-order valence-electron chi connectivity index (χ0n) is 9.39. The van der Waals surface area contributed by atoms with Crippen molar-refractivity contribution in [3.8, 4) is 0 Å². The molecule has 0 saturated carbocycles. The molecule has 0 aliphatic rings. The number of nitrogens with one attached hydrogen (secondary N) is 2. The summed E-state index contributed by atoms with van der Waals surface area (Å²) in [6.07, 6.45) is 0. The third kappa shape index (κ3) is 2.56. The fraction of sp³-hybridized carbons (Fsp3) is 0.200. The van der Waals surface area contributed by atoms with Crippen LogP contribution in [0.25, 0.3) is 0 Å². The molecule has 1 aromatic heterocycles. The van der Waals surface area contributed by atoms with Crippen LogP contribution in [0.1, 0.15) is 15.9 Å². The first-order chi connectivity index (χ1) is 8.20. The summed E-state index contributed by atoms with van der Waals surface area (Å²) in [5.74, 6) is -0.205. The van der Waals surface area contributed by atoms with Crippen LogP contribution in [-0.2, 0) is 0 Å². The van der Waals surface area contributed by atoms with Gasteiger partial charge in [-0.05, 0) is 35.9 Å². The molecule has 0 aliphatic heterocycles. The van der Waals surface area contributed by atoms with Crippen LogP contribution in [0.2, 0.25) is 0 Å². The predicted octanol–water partition coefficient (Wildman–Crippen LogP) is 1.54. The number of amides is 1. The van der Waals surface area contributed by atoms with Crippen LogP contribution in [0, 0.1) is 6.92 Å². The molecule has 1 heterocycles. The molecular weight excluding hydrogens is 238 g/mol. The molecule has 7 heteroatoms. The lowest BCUT2D eigenvalue weighted by Gasteiger charge is -2.07. The highest BCUT2D eigenvalue weighted by atomic mass is 32.1. The van der Waals surface area contributed by atoms with Crippen molar-refractivity contribution in [3.05, 3.63) is 29.3 Å². The maximum atomic E-state index is 11.9. The highest BCUT2D eigenvalue weighted by Crippen LogP contribution is 2.16. The van der Waals surface area contributed by atoms with Crippen LogP contribution in [0.5, 0.6) is 0 Å². The molecule has 6 nitrogen and oxygen atoms in total. The number of rotatable bonds is 3. The summed E-state index contributed by atoms with van der Waals surface area (Å²) in [7, 11) is 1.83. The second-order valence-corrected chi connectivity index (χ2v) is 4.13. The van der Waals surface area contributed by atoms with E-state index in [0.29, 0.717) is 10.7 Å². The van der Waals surface area contributed by atoms with Crippen molar-refractivity contribution in [3.63, 3.8) is 0 Å². The number of aromatic nitrogens is 3. The largest absolute Gasteiger partial charge is 0.388 e. The molecule has 0 fully saturated rings. The lowest BCUT2D eigenvalue weighted by molar-refractivity contribution is 0.102. The maximum absolute atomic E-state index is 11.9. The Bertz CT molecular complexity index is 525. The number of aryl methyl sites for hydroxylation is 1. The van der Waals surface area contributed by atoms with Crippen molar-refractivity contribution in [1.29, 1.82) is 0 Å². The van der Waals surface area contributed by atoms with Crippen molar-refractivity contribution in [2.75, 3.05) is 17.7 Å². The van der Waals surface area contributed by atoms with Gasteiger partial charge in [0.1, 0.15) is 0 Å². The van der Waals surface area contributed by atoms with Crippen molar-refractivity contribution in [2.45, 2.75) is 6.92 Å². The molecule has 2 aromatic rings. The Morgan fingerprint density at radius 1 is 1.41 bits per heavy atom. The Morgan fingerprint density at radius 3 is 2.82 bits per heavy atom. The van der Waals surface area contributed by atoms with Crippen LogP contribution in [0.4, 0.5) is 10.8 Å². The molecular formula is C10H11N5OS. The molecule has 88 valence electrons. The van der Waals surface area contributed by atoms with Crippen molar-refractivity contribution < 1.29 is 4.79 Å². The van der Waals surface area contributed by atoms with Crippen molar-refractivity contribution in [2.24, 2.45) is 0 Å². The van der Waals surface area contributed by atoms with E-state index in [1.807, 2.05) is 26.1 Å². The van der Waals surface area contributed by atoms with Gasteiger partial charge < -0.3 is 5.32 Å². The number of carbonyl (C=O) groups excluding carboxylic acids is 1. The predicted molar refractivity (Wildman–Crippen MR) is 66.4 cm³/mol. The van der Waals surface area contributed by atoms with Crippen LogP contribution in [0.3, 0.4) is 0 Å². The van der Waals surface area contributed by atoms with Crippen LogP contribution in [0.15, 0.2) is 18.2 Å². The van der Waals surface area contributed by atoms with Gasteiger partial charge in [-0.1, -0.05) is 9.59 Å². The summed E-state index contributed by atoms with van der Waals surface area (Å²) >= 11 is 1.04. The van der Waals surface area contributed by atoms with E-state index in [2.05, 4.69) is 25.4 Å². The number of hydrogen-bond acceptors (Lipinski definition) is 6. The van der Waals surface area contributed by atoms with E-state index >= 15 is 0 Å². The molecule has 0 aliphatic carbocycles. The summed E-state index contributed by atoms with van der Waals surface area (Å²) < 4.78 is 3.57. The van der Waals surface area contributed by atoms with Gasteiger partial charge in [0.25, 0.3) is 5.91 Å². The van der Waals surface area contributed by atoms with E-state index < -0.39 is 0 Å². The Balaban J connectivity index is 2.19. The highest BCUT2D eigenvalue weighted by molar-refractivity contribution is 7.09. The standard InChI is InChI=1S/C10H11N5OS/c1-6-5-7(11-2)3-4-8(6)9(16)12-10-13-14-15-17-10/h3-5,11H,1-2H3,(H,12,13,15,16). The first kappa shape index (κ1) is 11.5. The molecule has 0 unspecified atom stereocenters. The van der Waals surface area contributed by atoms with Crippen LogP contribution < -0.4 is 10.6 Å². The van der Waals surface area contributed by atoms with Gasteiger partial charge in [-0.25, -0.2) is 0 Å².